The maximum atomic E-state index is 11.6. The van der Waals surface area contributed by atoms with Crippen molar-refractivity contribution in [2.45, 2.75) is 12.5 Å². The number of esters is 1. The molecule has 0 saturated carbocycles. The van der Waals surface area contributed by atoms with Crippen LogP contribution in [0.5, 0.6) is 0 Å². The number of rotatable bonds is 6. The quantitative estimate of drug-likeness (QED) is 0.584. The molecule has 6 nitrogen and oxygen atoms in total. The van der Waals surface area contributed by atoms with E-state index in [1.54, 1.807) is 0 Å². The van der Waals surface area contributed by atoms with Crippen molar-refractivity contribution < 1.29 is 24.2 Å². The Kier molecular flexibility index (Phi) is 5.96. The summed E-state index contributed by atoms with van der Waals surface area (Å²) in [5.41, 5.74) is 0.852. The Hall–Kier alpha value is -2.63. The zero-order valence-electron chi connectivity index (χ0n) is 10.9. The minimum atomic E-state index is -1.24. The van der Waals surface area contributed by atoms with Crippen LogP contribution in [-0.2, 0) is 25.5 Å². The number of hydrogen-bond acceptors (Lipinski definition) is 4. The van der Waals surface area contributed by atoms with Gasteiger partial charge in [-0.15, -0.1) is 0 Å². The van der Waals surface area contributed by atoms with Gasteiger partial charge in [0.15, 0.2) is 0 Å². The lowest BCUT2D eigenvalue weighted by Crippen LogP contribution is -2.42. The fourth-order valence-electron chi connectivity index (χ4n) is 1.55. The number of ether oxygens (including phenoxy) is 1. The van der Waals surface area contributed by atoms with Crippen LogP contribution in [0.4, 0.5) is 0 Å². The van der Waals surface area contributed by atoms with Gasteiger partial charge in [0.2, 0.25) is 5.91 Å². The van der Waals surface area contributed by atoms with Gasteiger partial charge in [-0.2, -0.15) is 0 Å². The summed E-state index contributed by atoms with van der Waals surface area (Å²) in [6, 6.07) is 8.23. The lowest BCUT2D eigenvalue weighted by molar-refractivity contribution is -0.144. The summed E-state index contributed by atoms with van der Waals surface area (Å²) < 4.78 is 4.62. The van der Waals surface area contributed by atoms with Crippen molar-refractivity contribution in [2.24, 2.45) is 0 Å². The lowest BCUT2D eigenvalue weighted by atomic mass is 10.1. The molecule has 0 aromatic heterocycles. The zero-order valence-corrected chi connectivity index (χ0v) is 10.9. The molecule has 20 heavy (non-hydrogen) atoms. The van der Waals surface area contributed by atoms with Gasteiger partial charge in [0.1, 0.15) is 6.04 Å². The van der Waals surface area contributed by atoms with Crippen LogP contribution in [0, 0.1) is 0 Å². The molecule has 0 heterocycles. The van der Waals surface area contributed by atoms with E-state index in [1.807, 2.05) is 30.3 Å². The molecule has 106 valence electrons. The number of aliphatic carboxylic acids is 1. The average Bonchev–Trinajstić information content (AvgIpc) is 2.44. The first-order valence-corrected chi connectivity index (χ1v) is 5.86. The Morgan fingerprint density at radius 1 is 1.25 bits per heavy atom. The van der Waals surface area contributed by atoms with Gasteiger partial charge >= 0.3 is 11.9 Å². The van der Waals surface area contributed by atoms with Crippen molar-refractivity contribution in [2.75, 3.05) is 7.11 Å². The van der Waals surface area contributed by atoms with Gasteiger partial charge in [0.25, 0.3) is 0 Å². The zero-order chi connectivity index (χ0) is 15.0. The van der Waals surface area contributed by atoms with E-state index >= 15 is 0 Å². The predicted octanol–water partition coefficient (Wildman–Crippen LogP) is 0.528. The molecule has 1 rings (SSSR count). The van der Waals surface area contributed by atoms with E-state index in [0.717, 1.165) is 11.6 Å². The minimum Gasteiger partial charge on any atom is -0.478 e. The molecule has 0 aliphatic rings. The Balaban J connectivity index is 2.73. The summed E-state index contributed by atoms with van der Waals surface area (Å²) in [5.74, 6) is -2.50. The van der Waals surface area contributed by atoms with E-state index in [0.29, 0.717) is 6.08 Å². The number of carbonyl (C=O) groups is 3. The van der Waals surface area contributed by atoms with Crippen LogP contribution in [0.25, 0.3) is 0 Å². The van der Waals surface area contributed by atoms with Crippen LogP contribution in [0.3, 0.4) is 0 Å². The van der Waals surface area contributed by atoms with E-state index in [1.165, 1.54) is 7.11 Å². The van der Waals surface area contributed by atoms with E-state index < -0.39 is 23.9 Å². The van der Waals surface area contributed by atoms with Crippen LogP contribution in [0.15, 0.2) is 42.5 Å². The van der Waals surface area contributed by atoms with Gasteiger partial charge in [0, 0.05) is 18.6 Å². The van der Waals surface area contributed by atoms with Crippen molar-refractivity contribution in [3.8, 4) is 0 Å². The van der Waals surface area contributed by atoms with Gasteiger partial charge in [0.05, 0.1) is 7.11 Å². The van der Waals surface area contributed by atoms with Crippen LogP contribution < -0.4 is 5.32 Å². The third-order valence-corrected chi connectivity index (χ3v) is 2.46. The first-order chi connectivity index (χ1) is 9.52. The Labute approximate surface area is 116 Å². The molecular formula is C14H15NO5. The van der Waals surface area contributed by atoms with Gasteiger partial charge < -0.3 is 15.2 Å². The second-order valence-electron chi connectivity index (χ2n) is 3.95. The molecule has 0 radical (unpaired) electrons. The Morgan fingerprint density at radius 2 is 1.90 bits per heavy atom. The van der Waals surface area contributed by atoms with Gasteiger partial charge in [-0.05, 0) is 5.56 Å². The maximum absolute atomic E-state index is 11.6. The molecule has 6 heteroatoms. The number of carboxylic acids is 1. The fourth-order valence-corrected chi connectivity index (χ4v) is 1.55. The predicted molar refractivity (Wildman–Crippen MR) is 70.9 cm³/mol. The Morgan fingerprint density at radius 3 is 2.45 bits per heavy atom. The molecule has 0 saturated heterocycles. The number of carbonyl (C=O) groups excluding carboxylic acids is 2. The van der Waals surface area contributed by atoms with E-state index in [-0.39, 0.29) is 6.42 Å². The van der Waals surface area contributed by atoms with E-state index in [4.69, 9.17) is 5.11 Å². The number of hydrogen-bond donors (Lipinski definition) is 2. The van der Waals surface area contributed by atoms with Gasteiger partial charge in [-0.25, -0.2) is 9.59 Å². The monoisotopic (exact) mass is 277 g/mol. The minimum absolute atomic E-state index is 0.264. The van der Waals surface area contributed by atoms with Crippen LogP contribution in [0.1, 0.15) is 5.56 Å². The summed E-state index contributed by atoms with van der Waals surface area (Å²) in [4.78, 5) is 33.4. The highest BCUT2D eigenvalue weighted by atomic mass is 16.5. The van der Waals surface area contributed by atoms with Crippen molar-refractivity contribution >= 4 is 17.8 Å². The Bertz CT molecular complexity index is 510. The molecule has 0 spiro atoms. The van der Waals surface area contributed by atoms with E-state index in [2.05, 4.69) is 10.1 Å². The molecular weight excluding hydrogens is 262 g/mol. The van der Waals surface area contributed by atoms with Crippen molar-refractivity contribution in [1.82, 2.24) is 5.32 Å². The molecule has 0 fully saturated rings. The summed E-state index contributed by atoms with van der Waals surface area (Å²) in [5, 5.41) is 10.8. The normalized spacial score (nSPS) is 11.8. The number of nitrogens with one attached hydrogen (secondary N) is 1. The van der Waals surface area contributed by atoms with Gasteiger partial charge in [-0.3, -0.25) is 4.79 Å². The highest BCUT2D eigenvalue weighted by molar-refractivity contribution is 5.95. The smallest absolute Gasteiger partial charge is 0.328 e. The molecule has 1 aromatic carbocycles. The first kappa shape index (κ1) is 15.4. The van der Waals surface area contributed by atoms with Crippen molar-refractivity contribution in [3.63, 3.8) is 0 Å². The average molecular weight is 277 g/mol. The third-order valence-electron chi connectivity index (χ3n) is 2.46. The highest BCUT2D eigenvalue weighted by Crippen LogP contribution is 2.04. The standard InChI is InChI=1S/C14H15NO5/c1-20-14(19)11(9-10-5-3-2-4-6-10)15-12(16)7-8-13(17)18/h2-8,11H,9H2,1H3,(H,15,16)(H,17,18)/b8-7+. The maximum Gasteiger partial charge on any atom is 0.328 e. The summed E-state index contributed by atoms with van der Waals surface area (Å²) in [6.07, 6.45) is 1.82. The summed E-state index contributed by atoms with van der Waals surface area (Å²) >= 11 is 0. The molecule has 1 aromatic rings. The van der Waals surface area contributed by atoms with Crippen LogP contribution >= 0.6 is 0 Å². The number of benzene rings is 1. The molecule has 2 N–H and O–H groups in total. The largest absolute Gasteiger partial charge is 0.478 e. The number of methoxy groups -OCH3 is 1. The fraction of sp³-hybridized carbons (Fsp3) is 0.214. The molecule has 1 atom stereocenters. The highest BCUT2D eigenvalue weighted by Gasteiger charge is 2.20. The second-order valence-corrected chi connectivity index (χ2v) is 3.95. The van der Waals surface area contributed by atoms with Gasteiger partial charge in [-0.1, -0.05) is 30.3 Å². The number of amides is 1. The third kappa shape index (κ3) is 5.34. The van der Waals surface area contributed by atoms with Crippen molar-refractivity contribution in [1.29, 1.82) is 0 Å². The number of carboxylic acid groups (broad SMARTS) is 1. The molecule has 0 bridgehead atoms. The first-order valence-electron chi connectivity index (χ1n) is 5.86. The molecule has 1 amide bonds. The van der Waals surface area contributed by atoms with E-state index in [9.17, 15) is 14.4 Å². The summed E-state index contributed by atoms with van der Waals surface area (Å²) in [6.45, 7) is 0. The molecule has 0 aliphatic carbocycles. The topological polar surface area (TPSA) is 92.7 Å². The lowest BCUT2D eigenvalue weighted by Gasteiger charge is -2.15. The summed E-state index contributed by atoms with van der Waals surface area (Å²) in [7, 11) is 1.22. The van der Waals surface area contributed by atoms with Crippen molar-refractivity contribution in [3.05, 3.63) is 48.0 Å². The molecule has 1 unspecified atom stereocenters. The van der Waals surface area contributed by atoms with Crippen LogP contribution in [0.2, 0.25) is 0 Å². The second kappa shape index (κ2) is 7.73. The van der Waals surface area contributed by atoms with Crippen LogP contribution in [-0.4, -0.2) is 36.1 Å². The molecule has 0 aliphatic heterocycles. The SMILES string of the molecule is COC(=O)C(Cc1ccccc1)NC(=O)/C=C/C(=O)O.